The van der Waals surface area contributed by atoms with Gasteiger partial charge in [-0.25, -0.2) is 4.99 Å². The average molecular weight is 192 g/mol. The molecule has 0 N–H and O–H groups in total. The predicted molar refractivity (Wildman–Crippen MR) is 48.7 cm³/mol. The molecule has 2 rings (SSSR count). The molecule has 2 heterocycles. The van der Waals surface area contributed by atoms with E-state index in [0.717, 1.165) is 18.9 Å². The number of hydrogen-bond donors (Lipinski definition) is 0. The Kier molecular flexibility index (Phi) is 2.52. The van der Waals surface area contributed by atoms with Crippen LogP contribution in [0.1, 0.15) is 0 Å². The van der Waals surface area contributed by atoms with Gasteiger partial charge in [-0.05, 0) is 0 Å². The van der Waals surface area contributed by atoms with E-state index in [4.69, 9.17) is 11.6 Å². The number of aliphatic imine (C=N–C) groups is 2. The van der Waals surface area contributed by atoms with Crippen LogP contribution in [-0.2, 0) is 0 Å². The van der Waals surface area contributed by atoms with E-state index in [0.29, 0.717) is 5.16 Å². The maximum atomic E-state index is 5.64. The number of nitrogens with zero attached hydrogens (tertiary/aromatic N) is 3. The minimum absolute atomic E-state index is 0. The Balaban J connectivity index is 0.000000605. The van der Waals surface area contributed by atoms with E-state index in [-0.39, 0.29) is 12.4 Å². The van der Waals surface area contributed by atoms with Gasteiger partial charge in [0.1, 0.15) is 11.0 Å². The standard InChI is InChI=1S/C6H6ClN3.ClH/c7-5-3-6-8-1-2-10(6)4-9-5;/h3-4H,1-2H2;1H. The quantitative estimate of drug-likeness (QED) is 0.530. The molecule has 5 heteroatoms. The maximum Gasteiger partial charge on any atom is 0.134 e. The van der Waals surface area contributed by atoms with Crippen LogP contribution >= 0.6 is 24.0 Å². The van der Waals surface area contributed by atoms with E-state index in [1.54, 1.807) is 12.4 Å². The van der Waals surface area contributed by atoms with Gasteiger partial charge in [-0.3, -0.25) is 4.99 Å². The molecular weight excluding hydrogens is 185 g/mol. The van der Waals surface area contributed by atoms with Crippen molar-refractivity contribution < 1.29 is 0 Å². The van der Waals surface area contributed by atoms with Crippen LogP contribution in [0, 0.1) is 0 Å². The van der Waals surface area contributed by atoms with Crippen molar-refractivity contribution >= 4 is 36.2 Å². The molecule has 0 aromatic rings. The van der Waals surface area contributed by atoms with Gasteiger partial charge in [0.25, 0.3) is 0 Å². The second-order valence-corrected chi connectivity index (χ2v) is 2.53. The lowest BCUT2D eigenvalue weighted by Gasteiger charge is -2.14. The van der Waals surface area contributed by atoms with E-state index in [1.807, 2.05) is 4.90 Å². The SMILES string of the molecule is Cl.ClC1=CC2=NCCN2C=N1. The fourth-order valence-electron chi connectivity index (χ4n) is 0.992. The van der Waals surface area contributed by atoms with Crippen molar-refractivity contribution in [1.29, 1.82) is 0 Å². The van der Waals surface area contributed by atoms with Crippen LogP contribution in [0.2, 0.25) is 0 Å². The summed E-state index contributed by atoms with van der Waals surface area (Å²) in [5, 5.41) is 0.511. The number of hydrogen-bond acceptors (Lipinski definition) is 3. The van der Waals surface area contributed by atoms with Crippen LogP contribution in [0.15, 0.2) is 21.2 Å². The highest BCUT2D eigenvalue weighted by atomic mass is 35.5. The van der Waals surface area contributed by atoms with Crippen molar-refractivity contribution in [2.45, 2.75) is 0 Å². The fraction of sp³-hybridized carbons (Fsp3) is 0.333. The molecule has 0 aromatic heterocycles. The van der Waals surface area contributed by atoms with Gasteiger partial charge < -0.3 is 4.90 Å². The minimum Gasteiger partial charge on any atom is -0.315 e. The first-order valence-electron chi connectivity index (χ1n) is 3.09. The van der Waals surface area contributed by atoms with E-state index in [9.17, 15) is 0 Å². The molecule has 0 saturated carbocycles. The topological polar surface area (TPSA) is 28.0 Å². The molecule has 0 spiro atoms. The van der Waals surface area contributed by atoms with E-state index in [2.05, 4.69) is 9.98 Å². The Morgan fingerprint density at radius 3 is 3.18 bits per heavy atom. The smallest absolute Gasteiger partial charge is 0.134 e. The predicted octanol–water partition coefficient (Wildman–Crippen LogP) is 1.24. The molecule has 0 aromatic carbocycles. The largest absolute Gasteiger partial charge is 0.315 e. The summed E-state index contributed by atoms with van der Waals surface area (Å²) in [4.78, 5) is 10.1. The van der Waals surface area contributed by atoms with Gasteiger partial charge in [-0.15, -0.1) is 12.4 Å². The van der Waals surface area contributed by atoms with Crippen LogP contribution in [0.3, 0.4) is 0 Å². The molecule has 2 aliphatic rings. The van der Waals surface area contributed by atoms with Crippen LogP contribution in [0.4, 0.5) is 0 Å². The molecule has 2 aliphatic heterocycles. The van der Waals surface area contributed by atoms with Crippen LogP contribution < -0.4 is 0 Å². The molecule has 0 amide bonds. The third-order valence-corrected chi connectivity index (χ3v) is 1.68. The van der Waals surface area contributed by atoms with Crippen LogP contribution in [-0.4, -0.2) is 30.2 Å². The molecule has 60 valence electrons. The molecule has 0 radical (unpaired) electrons. The monoisotopic (exact) mass is 191 g/mol. The molecule has 0 unspecified atom stereocenters. The summed E-state index contributed by atoms with van der Waals surface area (Å²) in [5.74, 6) is 0.931. The molecule has 0 atom stereocenters. The first kappa shape index (κ1) is 8.56. The van der Waals surface area contributed by atoms with Gasteiger partial charge in [-0.2, -0.15) is 0 Å². The number of rotatable bonds is 0. The first-order chi connectivity index (χ1) is 4.86. The number of amidine groups is 1. The summed E-state index contributed by atoms with van der Waals surface area (Å²) >= 11 is 5.64. The molecule has 11 heavy (non-hydrogen) atoms. The zero-order valence-electron chi connectivity index (χ0n) is 5.70. The number of halogens is 2. The molecular formula is C6H7Cl2N3. The summed E-state index contributed by atoms with van der Waals surface area (Å²) in [5.41, 5.74) is 0. The van der Waals surface area contributed by atoms with Crippen molar-refractivity contribution in [3.8, 4) is 0 Å². The third kappa shape index (κ3) is 1.54. The van der Waals surface area contributed by atoms with Gasteiger partial charge >= 0.3 is 0 Å². The molecule has 3 nitrogen and oxygen atoms in total. The molecule has 0 fully saturated rings. The molecule has 0 bridgehead atoms. The van der Waals surface area contributed by atoms with Gasteiger partial charge in [0.2, 0.25) is 0 Å². The van der Waals surface area contributed by atoms with E-state index in [1.165, 1.54) is 0 Å². The Morgan fingerprint density at radius 2 is 2.36 bits per heavy atom. The average Bonchev–Trinajstić information content (AvgIpc) is 2.33. The second kappa shape index (κ2) is 3.24. The molecule has 0 saturated heterocycles. The summed E-state index contributed by atoms with van der Waals surface area (Å²) in [6, 6.07) is 0. The highest BCUT2D eigenvalue weighted by Gasteiger charge is 2.15. The van der Waals surface area contributed by atoms with Gasteiger partial charge in [-0.1, -0.05) is 11.6 Å². The van der Waals surface area contributed by atoms with Gasteiger partial charge in [0.05, 0.1) is 12.9 Å². The summed E-state index contributed by atoms with van der Waals surface area (Å²) in [6.45, 7) is 1.78. The van der Waals surface area contributed by atoms with E-state index >= 15 is 0 Å². The van der Waals surface area contributed by atoms with Crippen LogP contribution in [0.25, 0.3) is 0 Å². The lowest BCUT2D eigenvalue weighted by atomic mass is 10.5. The summed E-state index contributed by atoms with van der Waals surface area (Å²) < 4.78 is 0. The summed E-state index contributed by atoms with van der Waals surface area (Å²) in [6.07, 6.45) is 3.49. The zero-order chi connectivity index (χ0) is 6.97. The fourth-order valence-corrected chi connectivity index (χ4v) is 1.13. The molecule has 0 aliphatic carbocycles. The minimum atomic E-state index is 0. The highest BCUT2D eigenvalue weighted by molar-refractivity contribution is 6.32. The maximum absolute atomic E-state index is 5.64. The van der Waals surface area contributed by atoms with Crippen molar-refractivity contribution in [3.63, 3.8) is 0 Å². The van der Waals surface area contributed by atoms with Gasteiger partial charge in [0, 0.05) is 12.6 Å². The Hall–Kier alpha value is -0.540. The van der Waals surface area contributed by atoms with Gasteiger partial charge in [0.15, 0.2) is 0 Å². The van der Waals surface area contributed by atoms with Crippen molar-refractivity contribution in [1.82, 2.24) is 4.90 Å². The van der Waals surface area contributed by atoms with Crippen molar-refractivity contribution in [2.75, 3.05) is 13.1 Å². The second-order valence-electron chi connectivity index (χ2n) is 2.14. The zero-order valence-corrected chi connectivity index (χ0v) is 7.27. The lowest BCUT2D eigenvalue weighted by Crippen LogP contribution is -2.26. The first-order valence-corrected chi connectivity index (χ1v) is 3.46. The highest BCUT2D eigenvalue weighted by Crippen LogP contribution is 2.12. The van der Waals surface area contributed by atoms with Crippen molar-refractivity contribution in [2.24, 2.45) is 9.98 Å². The Morgan fingerprint density at radius 1 is 1.55 bits per heavy atom. The number of fused-ring (bicyclic) bond motifs is 1. The van der Waals surface area contributed by atoms with Crippen molar-refractivity contribution in [3.05, 3.63) is 11.2 Å². The normalized spacial score (nSPS) is 20.3. The summed E-state index contributed by atoms with van der Waals surface area (Å²) in [7, 11) is 0. The Labute approximate surface area is 75.9 Å². The van der Waals surface area contributed by atoms with Crippen LogP contribution in [0.5, 0.6) is 0 Å². The third-order valence-electron chi connectivity index (χ3n) is 1.48. The van der Waals surface area contributed by atoms with E-state index < -0.39 is 0 Å². The lowest BCUT2D eigenvalue weighted by molar-refractivity contribution is 0.682. The Bertz CT molecular complexity index is 244.